The fourth-order valence-electron chi connectivity index (χ4n) is 2.24. The number of aromatic nitrogens is 2. The number of anilines is 1. The van der Waals surface area contributed by atoms with E-state index < -0.39 is 0 Å². The highest BCUT2D eigenvalue weighted by atomic mass is 127. The first-order valence-electron chi connectivity index (χ1n) is 6.83. The van der Waals surface area contributed by atoms with E-state index in [1.807, 2.05) is 6.20 Å². The number of imidazole rings is 1. The van der Waals surface area contributed by atoms with E-state index in [1.165, 1.54) is 9.13 Å². The average Bonchev–Trinajstić information content (AvgIpc) is 3.03. The number of hydrogen-bond acceptors (Lipinski definition) is 2. The molecule has 21 heavy (non-hydrogen) atoms. The minimum atomic E-state index is 0.278. The van der Waals surface area contributed by atoms with Gasteiger partial charge in [-0.15, -0.1) is 0 Å². The molecule has 0 bridgehead atoms. The zero-order chi connectivity index (χ0) is 14.7. The second kappa shape index (κ2) is 6.30. The van der Waals surface area contributed by atoms with Crippen molar-refractivity contribution >= 4 is 28.3 Å². The Morgan fingerprint density at radius 3 is 2.38 bits per heavy atom. The average molecular weight is 389 g/mol. The van der Waals surface area contributed by atoms with E-state index in [9.17, 15) is 0 Å². The SMILES string of the molecule is CC(Nc1ccc(-c2cnc[nH]2)cc1)c1ccc(I)cc1. The van der Waals surface area contributed by atoms with Gasteiger partial charge in [-0.2, -0.15) is 0 Å². The highest BCUT2D eigenvalue weighted by molar-refractivity contribution is 14.1. The largest absolute Gasteiger partial charge is 0.379 e. The third-order valence-electron chi connectivity index (χ3n) is 3.45. The van der Waals surface area contributed by atoms with Gasteiger partial charge in [0.1, 0.15) is 0 Å². The summed E-state index contributed by atoms with van der Waals surface area (Å²) >= 11 is 2.32. The standard InChI is InChI=1S/C17H16IN3/c1-12(13-2-6-15(18)7-3-13)21-16-8-4-14(5-9-16)17-10-19-11-20-17/h2-12,21H,1H3,(H,19,20). The molecule has 0 aliphatic rings. The molecule has 1 atom stereocenters. The second-order valence-electron chi connectivity index (χ2n) is 4.96. The third kappa shape index (κ3) is 3.44. The molecular weight excluding hydrogens is 373 g/mol. The molecule has 1 heterocycles. The van der Waals surface area contributed by atoms with Gasteiger partial charge in [0, 0.05) is 15.3 Å². The lowest BCUT2D eigenvalue weighted by Gasteiger charge is -2.16. The first-order chi connectivity index (χ1) is 10.2. The Labute approximate surface area is 138 Å². The van der Waals surface area contributed by atoms with Crippen molar-refractivity contribution in [3.63, 3.8) is 0 Å². The number of halogens is 1. The van der Waals surface area contributed by atoms with Crippen LogP contribution in [-0.4, -0.2) is 9.97 Å². The molecule has 1 unspecified atom stereocenters. The lowest BCUT2D eigenvalue weighted by Crippen LogP contribution is -2.06. The van der Waals surface area contributed by atoms with Gasteiger partial charge in [-0.25, -0.2) is 4.98 Å². The summed E-state index contributed by atoms with van der Waals surface area (Å²) in [5.41, 5.74) is 4.57. The van der Waals surface area contributed by atoms with Crippen molar-refractivity contribution in [2.24, 2.45) is 0 Å². The van der Waals surface area contributed by atoms with Crippen molar-refractivity contribution in [2.75, 3.05) is 5.32 Å². The van der Waals surface area contributed by atoms with Crippen LogP contribution in [0.25, 0.3) is 11.3 Å². The number of rotatable bonds is 4. The normalized spacial score (nSPS) is 12.1. The predicted molar refractivity (Wildman–Crippen MR) is 95.2 cm³/mol. The molecule has 3 rings (SSSR count). The van der Waals surface area contributed by atoms with Gasteiger partial charge in [0.05, 0.1) is 18.2 Å². The van der Waals surface area contributed by atoms with Gasteiger partial charge < -0.3 is 10.3 Å². The quantitative estimate of drug-likeness (QED) is 0.626. The maximum atomic E-state index is 4.04. The Morgan fingerprint density at radius 2 is 1.76 bits per heavy atom. The van der Waals surface area contributed by atoms with Crippen LogP contribution in [0.3, 0.4) is 0 Å². The number of aromatic amines is 1. The molecule has 2 aromatic carbocycles. The molecule has 0 aliphatic heterocycles. The number of benzene rings is 2. The summed E-state index contributed by atoms with van der Waals surface area (Å²) in [7, 11) is 0. The predicted octanol–water partition coefficient (Wildman–Crippen LogP) is 4.85. The van der Waals surface area contributed by atoms with Crippen LogP contribution in [0.4, 0.5) is 5.69 Å². The van der Waals surface area contributed by atoms with Gasteiger partial charge in [-0.05, 0) is 64.9 Å². The van der Waals surface area contributed by atoms with Gasteiger partial charge in [-0.3, -0.25) is 0 Å². The van der Waals surface area contributed by atoms with E-state index in [1.54, 1.807) is 6.33 Å². The highest BCUT2D eigenvalue weighted by Crippen LogP contribution is 2.23. The molecule has 3 nitrogen and oxygen atoms in total. The van der Waals surface area contributed by atoms with Crippen LogP contribution in [-0.2, 0) is 0 Å². The molecule has 0 saturated heterocycles. The molecule has 4 heteroatoms. The number of H-pyrrole nitrogens is 1. The van der Waals surface area contributed by atoms with Crippen molar-refractivity contribution in [3.8, 4) is 11.3 Å². The monoisotopic (exact) mass is 389 g/mol. The van der Waals surface area contributed by atoms with Crippen LogP contribution >= 0.6 is 22.6 Å². The fraction of sp³-hybridized carbons (Fsp3) is 0.118. The van der Waals surface area contributed by atoms with Gasteiger partial charge in [-0.1, -0.05) is 24.3 Å². The molecule has 0 aliphatic carbocycles. The number of nitrogens with one attached hydrogen (secondary N) is 2. The Balaban J connectivity index is 1.71. The van der Waals surface area contributed by atoms with Crippen molar-refractivity contribution in [3.05, 3.63) is 70.2 Å². The first-order valence-corrected chi connectivity index (χ1v) is 7.91. The second-order valence-corrected chi connectivity index (χ2v) is 6.21. The molecular formula is C17H16IN3. The van der Waals surface area contributed by atoms with Gasteiger partial charge in [0.2, 0.25) is 0 Å². The lowest BCUT2D eigenvalue weighted by molar-refractivity contribution is 0.884. The molecule has 0 amide bonds. The fourth-order valence-corrected chi connectivity index (χ4v) is 2.60. The van der Waals surface area contributed by atoms with Gasteiger partial charge in [0.25, 0.3) is 0 Å². The van der Waals surface area contributed by atoms with Crippen molar-refractivity contribution in [1.29, 1.82) is 0 Å². The van der Waals surface area contributed by atoms with Gasteiger partial charge >= 0.3 is 0 Å². The molecule has 3 aromatic rings. The van der Waals surface area contributed by atoms with Crippen LogP contribution in [0.15, 0.2) is 61.1 Å². The molecule has 2 N–H and O–H groups in total. The summed E-state index contributed by atoms with van der Waals surface area (Å²) < 4.78 is 1.26. The lowest BCUT2D eigenvalue weighted by atomic mass is 10.1. The molecule has 0 spiro atoms. The minimum Gasteiger partial charge on any atom is -0.379 e. The van der Waals surface area contributed by atoms with E-state index in [0.717, 1.165) is 16.9 Å². The smallest absolute Gasteiger partial charge is 0.0924 e. The zero-order valence-corrected chi connectivity index (χ0v) is 13.8. The maximum absolute atomic E-state index is 4.04. The maximum Gasteiger partial charge on any atom is 0.0924 e. The van der Waals surface area contributed by atoms with E-state index >= 15 is 0 Å². The Hall–Kier alpha value is -1.82. The number of nitrogens with zero attached hydrogens (tertiary/aromatic N) is 1. The summed E-state index contributed by atoms with van der Waals surface area (Å²) in [5.74, 6) is 0. The summed E-state index contributed by atoms with van der Waals surface area (Å²) in [6, 6.07) is 17.3. The topological polar surface area (TPSA) is 40.7 Å². The van der Waals surface area contributed by atoms with E-state index in [-0.39, 0.29) is 6.04 Å². The summed E-state index contributed by atoms with van der Waals surface area (Å²) in [6.07, 6.45) is 3.52. The third-order valence-corrected chi connectivity index (χ3v) is 4.17. The van der Waals surface area contributed by atoms with E-state index in [4.69, 9.17) is 0 Å². The van der Waals surface area contributed by atoms with Crippen molar-refractivity contribution in [2.45, 2.75) is 13.0 Å². The minimum absolute atomic E-state index is 0.278. The van der Waals surface area contributed by atoms with E-state index in [0.29, 0.717) is 0 Å². The molecule has 0 saturated carbocycles. The Morgan fingerprint density at radius 1 is 1.05 bits per heavy atom. The molecule has 106 valence electrons. The summed E-state index contributed by atoms with van der Waals surface area (Å²) in [4.78, 5) is 7.16. The van der Waals surface area contributed by atoms with Gasteiger partial charge in [0.15, 0.2) is 0 Å². The van der Waals surface area contributed by atoms with Crippen LogP contribution < -0.4 is 5.32 Å². The van der Waals surface area contributed by atoms with Crippen LogP contribution in [0, 0.1) is 3.57 Å². The molecule has 1 aromatic heterocycles. The Kier molecular flexibility index (Phi) is 4.24. The van der Waals surface area contributed by atoms with Crippen LogP contribution in [0.2, 0.25) is 0 Å². The summed E-state index contributed by atoms with van der Waals surface area (Å²) in [6.45, 7) is 2.17. The molecule has 0 radical (unpaired) electrons. The van der Waals surface area contributed by atoms with Crippen LogP contribution in [0.1, 0.15) is 18.5 Å². The van der Waals surface area contributed by atoms with Crippen molar-refractivity contribution < 1.29 is 0 Å². The van der Waals surface area contributed by atoms with Crippen LogP contribution in [0.5, 0.6) is 0 Å². The zero-order valence-electron chi connectivity index (χ0n) is 11.7. The highest BCUT2D eigenvalue weighted by Gasteiger charge is 2.05. The number of hydrogen-bond donors (Lipinski definition) is 2. The first kappa shape index (κ1) is 14.1. The summed E-state index contributed by atoms with van der Waals surface area (Å²) in [5, 5.41) is 3.52. The molecule has 0 fully saturated rings. The Bertz CT molecular complexity index is 688. The van der Waals surface area contributed by atoms with E-state index in [2.05, 4.69) is 93.3 Å². The van der Waals surface area contributed by atoms with Crippen molar-refractivity contribution in [1.82, 2.24) is 9.97 Å².